The highest BCUT2D eigenvalue weighted by Gasteiger charge is 2.61. The summed E-state index contributed by atoms with van der Waals surface area (Å²) in [5.41, 5.74) is 3.28. The number of amides is 1. The maximum Gasteiger partial charge on any atom is 0.252 e. The molecule has 2 fully saturated rings. The number of carbonyl (C=O) groups excluding carboxylic acids is 1. The van der Waals surface area contributed by atoms with Gasteiger partial charge in [0, 0.05) is 22.3 Å². The lowest BCUT2D eigenvalue weighted by atomic mass is 9.69. The highest BCUT2D eigenvalue weighted by atomic mass is 32.2. The Hall–Kier alpha value is -1.75. The molecular weight excluding hydrogens is 368 g/mol. The first-order valence-corrected chi connectivity index (χ1v) is 11.2. The Kier molecular flexibility index (Phi) is 4.85. The molecule has 0 spiro atoms. The van der Waals surface area contributed by atoms with Crippen LogP contribution < -0.4 is 5.32 Å². The minimum Gasteiger partial charge on any atom is -0.361 e. The fraction of sp³-hybridized carbons (Fsp3) is 0.565. The van der Waals surface area contributed by atoms with E-state index in [-0.39, 0.29) is 17.4 Å². The molecule has 28 heavy (non-hydrogen) atoms. The molecule has 3 atom stereocenters. The van der Waals surface area contributed by atoms with Crippen molar-refractivity contribution in [2.24, 2.45) is 16.7 Å². The van der Waals surface area contributed by atoms with Crippen molar-refractivity contribution in [2.45, 2.75) is 70.6 Å². The average molecular weight is 399 g/mol. The maximum absolute atomic E-state index is 13.2. The van der Waals surface area contributed by atoms with Gasteiger partial charge < -0.3 is 9.84 Å². The number of nitrogens with one attached hydrogen (secondary N) is 1. The molecule has 1 N–H and O–H groups in total. The van der Waals surface area contributed by atoms with Crippen molar-refractivity contribution >= 4 is 17.7 Å². The largest absolute Gasteiger partial charge is 0.361 e. The van der Waals surface area contributed by atoms with Crippen LogP contribution in [0.5, 0.6) is 0 Å². The molecule has 2 aliphatic rings. The number of hydrogen-bond acceptors (Lipinski definition) is 4. The molecule has 1 heterocycles. The first kappa shape index (κ1) is 19.6. The maximum atomic E-state index is 13.2. The zero-order chi connectivity index (χ0) is 20.1. The normalized spacial score (nSPS) is 27.9. The Morgan fingerprint density at radius 1 is 1.29 bits per heavy atom. The van der Waals surface area contributed by atoms with Crippen LogP contribution >= 0.6 is 11.8 Å². The molecule has 4 nitrogen and oxygen atoms in total. The van der Waals surface area contributed by atoms with Gasteiger partial charge in [-0.25, -0.2) is 0 Å². The molecule has 2 aliphatic carbocycles. The van der Waals surface area contributed by atoms with Crippen molar-refractivity contribution in [3.63, 3.8) is 0 Å². The van der Waals surface area contributed by atoms with Crippen LogP contribution in [0.15, 0.2) is 33.7 Å². The summed E-state index contributed by atoms with van der Waals surface area (Å²) in [6.07, 6.45) is 3.60. The molecule has 2 aromatic rings. The zero-order valence-corrected chi connectivity index (χ0v) is 18.3. The third-order valence-electron chi connectivity index (χ3n) is 7.78. The first-order chi connectivity index (χ1) is 13.2. The van der Waals surface area contributed by atoms with Gasteiger partial charge in [0.1, 0.15) is 5.76 Å². The van der Waals surface area contributed by atoms with Gasteiger partial charge in [0.25, 0.3) is 5.91 Å². The van der Waals surface area contributed by atoms with E-state index in [2.05, 4.69) is 31.2 Å². The molecule has 1 aromatic heterocycles. The lowest BCUT2D eigenvalue weighted by Crippen LogP contribution is -2.47. The van der Waals surface area contributed by atoms with Crippen molar-refractivity contribution in [1.29, 1.82) is 0 Å². The van der Waals surface area contributed by atoms with Crippen molar-refractivity contribution in [2.75, 3.05) is 0 Å². The smallest absolute Gasteiger partial charge is 0.252 e. The lowest BCUT2D eigenvalue weighted by molar-refractivity contribution is 0.0823. The van der Waals surface area contributed by atoms with Gasteiger partial charge in [-0.3, -0.25) is 4.79 Å². The molecule has 2 saturated carbocycles. The molecule has 0 aliphatic heterocycles. The Morgan fingerprint density at radius 3 is 2.64 bits per heavy atom. The summed E-state index contributed by atoms with van der Waals surface area (Å²) in [5.74, 6) is 2.37. The second-order valence-corrected chi connectivity index (χ2v) is 10.2. The minimum absolute atomic E-state index is 0.0523. The molecule has 4 rings (SSSR count). The van der Waals surface area contributed by atoms with E-state index in [0.717, 1.165) is 39.7 Å². The fourth-order valence-electron chi connectivity index (χ4n) is 5.30. The van der Waals surface area contributed by atoms with Crippen molar-refractivity contribution in [3.8, 4) is 0 Å². The van der Waals surface area contributed by atoms with E-state index in [1.54, 1.807) is 11.8 Å². The minimum atomic E-state index is 0.0523. The van der Waals surface area contributed by atoms with Gasteiger partial charge in [-0.2, -0.15) is 0 Å². The standard InChI is InChI=1S/C23H30N2O2S/c1-14-18(15(2)27-25-14)13-28-19-9-7-6-8-17(19)21(26)24-20-12-16-10-11-23(20,5)22(16,3)4/h6-9,16,20H,10-13H2,1-5H3,(H,24,26). The van der Waals surface area contributed by atoms with Gasteiger partial charge >= 0.3 is 0 Å². The summed E-state index contributed by atoms with van der Waals surface area (Å²) < 4.78 is 5.27. The van der Waals surface area contributed by atoms with Crippen molar-refractivity contribution in [1.82, 2.24) is 10.5 Å². The molecule has 0 radical (unpaired) electrons. The number of rotatable bonds is 5. The molecule has 3 unspecified atom stereocenters. The first-order valence-electron chi connectivity index (χ1n) is 10.2. The number of carbonyl (C=O) groups is 1. The van der Waals surface area contributed by atoms with Crippen LogP contribution in [0.3, 0.4) is 0 Å². The highest BCUT2D eigenvalue weighted by molar-refractivity contribution is 7.98. The zero-order valence-electron chi connectivity index (χ0n) is 17.5. The molecule has 2 bridgehead atoms. The van der Waals surface area contributed by atoms with E-state index in [1.165, 1.54) is 12.8 Å². The monoisotopic (exact) mass is 398 g/mol. The quantitative estimate of drug-likeness (QED) is 0.673. The molecule has 0 saturated heterocycles. The van der Waals surface area contributed by atoms with Gasteiger partial charge in [0.2, 0.25) is 0 Å². The Balaban J connectivity index is 1.50. The third kappa shape index (κ3) is 2.99. The van der Waals surface area contributed by atoms with E-state index in [0.29, 0.717) is 11.3 Å². The van der Waals surface area contributed by atoms with Crippen LogP contribution in [0.1, 0.15) is 67.4 Å². The number of benzene rings is 1. The van der Waals surface area contributed by atoms with Crippen LogP contribution in [0.2, 0.25) is 0 Å². The summed E-state index contributed by atoms with van der Waals surface area (Å²) in [7, 11) is 0. The summed E-state index contributed by atoms with van der Waals surface area (Å²) in [6, 6.07) is 8.17. The van der Waals surface area contributed by atoms with Crippen LogP contribution in [-0.2, 0) is 5.75 Å². The van der Waals surface area contributed by atoms with Crippen LogP contribution in [-0.4, -0.2) is 17.1 Å². The summed E-state index contributed by atoms with van der Waals surface area (Å²) in [5, 5.41) is 7.43. The number of aryl methyl sites for hydroxylation is 2. The van der Waals surface area contributed by atoms with E-state index in [1.807, 2.05) is 38.1 Å². The molecule has 150 valence electrons. The Labute approximate surface area is 171 Å². The highest BCUT2D eigenvalue weighted by Crippen LogP contribution is 2.65. The third-order valence-corrected chi connectivity index (χ3v) is 8.88. The van der Waals surface area contributed by atoms with Gasteiger partial charge in [-0.05, 0) is 62.0 Å². The predicted octanol–water partition coefficient (Wildman–Crippen LogP) is 5.53. The molecular formula is C23H30N2O2S. The van der Waals surface area contributed by atoms with Crippen LogP contribution in [0, 0.1) is 30.6 Å². The predicted molar refractivity (Wildman–Crippen MR) is 112 cm³/mol. The van der Waals surface area contributed by atoms with Crippen molar-refractivity contribution < 1.29 is 9.32 Å². The summed E-state index contributed by atoms with van der Waals surface area (Å²) in [4.78, 5) is 14.2. The van der Waals surface area contributed by atoms with Crippen LogP contribution in [0.4, 0.5) is 0 Å². The molecule has 1 aromatic carbocycles. The number of thioether (sulfide) groups is 1. The van der Waals surface area contributed by atoms with Crippen molar-refractivity contribution in [3.05, 3.63) is 46.8 Å². The SMILES string of the molecule is Cc1noc(C)c1CSc1ccccc1C(=O)NC1CC2CCC1(C)C2(C)C. The van der Waals surface area contributed by atoms with E-state index in [9.17, 15) is 4.79 Å². The summed E-state index contributed by atoms with van der Waals surface area (Å²) in [6.45, 7) is 11.0. The van der Waals surface area contributed by atoms with E-state index >= 15 is 0 Å². The second kappa shape index (κ2) is 6.94. The second-order valence-electron chi connectivity index (χ2n) is 9.22. The van der Waals surface area contributed by atoms with Gasteiger partial charge in [0.05, 0.1) is 11.3 Å². The van der Waals surface area contributed by atoms with Crippen LogP contribution in [0.25, 0.3) is 0 Å². The number of hydrogen-bond donors (Lipinski definition) is 1. The van der Waals surface area contributed by atoms with E-state index < -0.39 is 0 Å². The molecule has 1 amide bonds. The molecule has 5 heteroatoms. The summed E-state index contributed by atoms with van der Waals surface area (Å²) >= 11 is 1.67. The average Bonchev–Trinajstić information content (AvgIpc) is 3.17. The number of nitrogens with zero attached hydrogens (tertiary/aromatic N) is 1. The number of fused-ring (bicyclic) bond motifs is 2. The Morgan fingerprint density at radius 2 is 2.04 bits per heavy atom. The fourth-order valence-corrected chi connectivity index (χ4v) is 6.50. The van der Waals surface area contributed by atoms with Gasteiger partial charge in [-0.1, -0.05) is 38.1 Å². The topological polar surface area (TPSA) is 55.1 Å². The number of aromatic nitrogens is 1. The lowest BCUT2D eigenvalue weighted by Gasteiger charge is -2.39. The Bertz CT molecular complexity index is 884. The van der Waals surface area contributed by atoms with Gasteiger partial charge in [0.15, 0.2) is 0 Å². The van der Waals surface area contributed by atoms with E-state index in [4.69, 9.17) is 4.52 Å². The van der Waals surface area contributed by atoms with Gasteiger partial charge in [-0.15, -0.1) is 11.8 Å².